The lowest BCUT2D eigenvalue weighted by atomic mass is 9.98. The van der Waals surface area contributed by atoms with Crippen molar-refractivity contribution in [3.63, 3.8) is 0 Å². The standard InChI is InChI=1S/C44H26N4.C39H23N3.C38H22N4/c1-2-10-27(11-3-1)37-21-18-28-20-23-42(46-44(28)45-37)47-38-15-7-4-12-31(38)34-24-29(19-22-41(34)47)30-25-35-32-13-5-8-16-39(32)48-40-17-9-6-14-33(40)36(26-30)43(35)48;1-4-10-35-29(7-1)32-20-24(14-16-38(32)41(35)28-15-13-26-23-40-18-17-25(26)19-28)27-21-33-30-8-2-5-11-36(30)42-37-12-6-3-9-31(37)34(22-27)39(33)42;1-4-12-33-26(9-1)29-18-23(16-17-37(29)41(33)36-15-7-8-24-21-39-40-22-32(24)36)25-19-30-27-10-2-5-13-34(27)42-35-14-6-3-11-28(35)31(20-25)38(30)42/h1-26H;1-23H;1-22H. The van der Waals surface area contributed by atoms with Crippen LogP contribution >= 0.6 is 0 Å². The molecule has 0 amide bonds. The molecule has 0 aliphatic heterocycles. The molecule has 18 aromatic carbocycles. The van der Waals surface area contributed by atoms with E-state index in [1.807, 2.05) is 43.0 Å². The van der Waals surface area contributed by atoms with Gasteiger partial charge in [0.2, 0.25) is 0 Å². The molecule has 0 aliphatic rings. The third kappa shape index (κ3) is 10.5. The predicted octanol–water partition coefficient (Wildman–Crippen LogP) is 30.9. The van der Waals surface area contributed by atoms with E-state index >= 15 is 0 Å². The van der Waals surface area contributed by atoms with Crippen molar-refractivity contribution < 1.29 is 0 Å². The van der Waals surface area contributed by atoms with Gasteiger partial charge >= 0.3 is 0 Å². The minimum atomic E-state index is 0.738. The molecule has 0 saturated heterocycles. The second kappa shape index (κ2) is 27.8. The maximum atomic E-state index is 5.14. The maximum absolute atomic E-state index is 5.14. The van der Waals surface area contributed by atoms with Crippen molar-refractivity contribution >= 4 is 212 Å². The van der Waals surface area contributed by atoms with Crippen molar-refractivity contribution in [2.75, 3.05) is 0 Å². The Balaban J connectivity index is 0.0000000973. The second-order valence-electron chi connectivity index (χ2n) is 35.1. The Morgan fingerprint density at radius 3 is 1.01 bits per heavy atom. The lowest BCUT2D eigenvalue weighted by molar-refractivity contribution is 1.05. The van der Waals surface area contributed by atoms with E-state index in [0.29, 0.717) is 0 Å². The van der Waals surface area contributed by atoms with Gasteiger partial charge in [-0.25, -0.2) is 9.97 Å². The van der Waals surface area contributed by atoms with Crippen molar-refractivity contribution in [2.24, 2.45) is 0 Å². The number of pyridine rings is 3. The highest BCUT2D eigenvalue weighted by Gasteiger charge is 2.26. The molecule has 0 unspecified atom stereocenters. The van der Waals surface area contributed by atoms with E-state index in [1.54, 1.807) is 0 Å². The fraction of sp³-hybridized carbons (Fsp3) is 0. The van der Waals surface area contributed by atoms with Crippen LogP contribution in [0, 0.1) is 0 Å². The van der Waals surface area contributed by atoms with Crippen LogP contribution in [-0.2, 0) is 0 Å². The Hall–Kier alpha value is -17.9. The number of nitrogens with zero attached hydrogens (tertiary/aromatic N) is 11. The first-order valence-electron chi connectivity index (χ1n) is 45.0. The van der Waals surface area contributed by atoms with Crippen molar-refractivity contribution in [3.05, 3.63) is 431 Å². The van der Waals surface area contributed by atoms with Gasteiger partial charge in [0.1, 0.15) is 5.82 Å². The minimum Gasteiger partial charge on any atom is -0.309 e. The summed E-state index contributed by atoms with van der Waals surface area (Å²) < 4.78 is 14.3. The summed E-state index contributed by atoms with van der Waals surface area (Å²) in [5.74, 6) is 0.859. The zero-order valence-corrected chi connectivity index (χ0v) is 70.9. The Morgan fingerprint density at radius 2 is 0.545 bits per heavy atom. The van der Waals surface area contributed by atoms with Gasteiger partial charge in [-0.15, -0.1) is 0 Å². The van der Waals surface area contributed by atoms with Crippen molar-refractivity contribution in [1.29, 1.82) is 0 Å². The average Bonchev–Trinajstić information content (AvgIpc) is 1.54. The number of benzene rings is 18. The van der Waals surface area contributed by atoms with E-state index < -0.39 is 0 Å². The zero-order valence-electron chi connectivity index (χ0n) is 70.9. The number of hydrogen-bond donors (Lipinski definition) is 0. The molecule has 0 N–H and O–H groups in total. The minimum absolute atomic E-state index is 0.738. The molecule has 0 radical (unpaired) electrons. The lowest BCUT2D eigenvalue weighted by Crippen LogP contribution is -1.99. The smallest absolute Gasteiger partial charge is 0.162 e. The van der Waals surface area contributed by atoms with Crippen molar-refractivity contribution in [2.45, 2.75) is 0 Å². The molecule has 0 atom stereocenters. The molecular weight excluding hydrogens is 1610 g/mol. The maximum Gasteiger partial charge on any atom is 0.162 e. The summed E-state index contributed by atoms with van der Waals surface area (Å²) >= 11 is 0. The third-order valence-corrected chi connectivity index (χ3v) is 28.2. The molecule has 0 aliphatic carbocycles. The van der Waals surface area contributed by atoms with E-state index in [9.17, 15) is 0 Å². The van der Waals surface area contributed by atoms with Gasteiger partial charge in [0.05, 0.1) is 107 Å². The van der Waals surface area contributed by atoms with Crippen LogP contribution in [0.4, 0.5) is 0 Å². The Labute approximate surface area is 752 Å². The van der Waals surface area contributed by atoms with Crippen LogP contribution in [0.15, 0.2) is 431 Å². The van der Waals surface area contributed by atoms with Gasteiger partial charge in [-0.05, 0) is 215 Å². The number of hydrogen-bond acceptors (Lipinski definition) is 5. The topological polar surface area (TPSA) is 92.5 Å². The van der Waals surface area contributed by atoms with Crippen LogP contribution in [0.25, 0.3) is 274 Å². The van der Waals surface area contributed by atoms with Gasteiger partial charge in [-0.2, -0.15) is 10.2 Å². The fourth-order valence-electron chi connectivity index (χ4n) is 22.4. The summed E-state index contributed by atoms with van der Waals surface area (Å²) in [5, 5.41) is 36.8. The molecule has 0 saturated carbocycles. The van der Waals surface area contributed by atoms with Gasteiger partial charge in [0.15, 0.2) is 5.65 Å². The quantitative estimate of drug-likeness (QED) is 0.158. The average molecular weight is 1680 g/mol. The molecule has 0 spiro atoms. The molecule has 0 bridgehead atoms. The second-order valence-corrected chi connectivity index (χ2v) is 35.1. The monoisotopic (exact) mass is 1680 g/mol. The van der Waals surface area contributed by atoms with Crippen molar-refractivity contribution in [1.82, 2.24) is 52.1 Å². The highest BCUT2D eigenvalue weighted by atomic mass is 15.1. The zero-order chi connectivity index (χ0) is 86.1. The predicted molar refractivity (Wildman–Crippen MR) is 550 cm³/mol. The van der Waals surface area contributed by atoms with Gasteiger partial charge < -0.3 is 22.3 Å². The SMILES string of the molecule is c1cc(-n2c3ccccc3c3cc(-c4cc5c6ccccc6n6c7ccccc7c(c4)c56)ccc32)c2cnncc2c1.c1ccc(-c2ccc3ccc(-n4c5ccccc5c5cc(-c6cc7c8ccccc8n8c9ccccc9c(c6)c78)ccc54)nc3n2)cc1.c1ccc2c(c1)c1cc(-c3cc4c5ccccc5n5c6ccccc6c(c3)c45)ccc1n2-c1ccc2cnccc2c1. The van der Waals surface area contributed by atoms with Crippen LogP contribution in [0.5, 0.6) is 0 Å². The van der Waals surface area contributed by atoms with Gasteiger partial charge in [0.25, 0.3) is 0 Å². The molecule has 11 nitrogen and oxygen atoms in total. The molecule has 0 fully saturated rings. The Morgan fingerprint density at radius 1 is 0.182 bits per heavy atom. The summed E-state index contributed by atoms with van der Waals surface area (Å²) in [5.41, 5.74) is 30.8. The highest BCUT2D eigenvalue weighted by molar-refractivity contribution is 6.28. The van der Waals surface area contributed by atoms with Crippen LogP contribution < -0.4 is 0 Å². The van der Waals surface area contributed by atoms with Crippen LogP contribution in [0.2, 0.25) is 0 Å². The molecule has 13 aromatic heterocycles. The van der Waals surface area contributed by atoms with E-state index in [0.717, 1.165) is 66.7 Å². The largest absolute Gasteiger partial charge is 0.309 e. The molecule has 31 rings (SSSR count). The summed E-state index contributed by atoms with van der Waals surface area (Å²) in [6.07, 6.45) is 7.49. The normalized spacial score (nSPS) is 12.2. The number of para-hydroxylation sites is 9. The Bertz CT molecular complexity index is 10000. The summed E-state index contributed by atoms with van der Waals surface area (Å²) in [6, 6.07) is 148. The first kappa shape index (κ1) is 72.3. The van der Waals surface area contributed by atoms with Crippen molar-refractivity contribution in [3.8, 4) is 61.8 Å². The summed E-state index contributed by atoms with van der Waals surface area (Å²) in [6.45, 7) is 0. The highest BCUT2D eigenvalue weighted by Crippen LogP contribution is 2.49. The number of rotatable bonds is 7. The first-order chi connectivity index (χ1) is 65.5. The lowest BCUT2D eigenvalue weighted by Gasteiger charge is -2.11. The Kier molecular flexibility index (Phi) is 15.2. The summed E-state index contributed by atoms with van der Waals surface area (Å²) in [4.78, 5) is 14.4. The van der Waals surface area contributed by atoms with E-state index in [1.165, 1.54) is 207 Å². The van der Waals surface area contributed by atoms with E-state index in [2.05, 4.69) is 430 Å². The van der Waals surface area contributed by atoms with E-state index in [4.69, 9.17) is 9.97 Å². The van der Waals surface area contributed by atoms with Crippen LogP contribution in [-0.4, -0.2) is 52.1 Å². The number of fused-ring (bicyclic) bond motifs is 30. The number of aromatic nitrogens is 11. The molecular formula is C121H71N11. The molecule has 11 heteroatoms. The fourth-order valence-corrected chi connectivity index (χ4v) is 22.4. The van der Waals surface area contributed by atoms with Crippen LogP contribution in [0.1, 0.15) is 0 Å². The van der Waals surface area contributed by atoms with Crippen LogP contribution in [0.3, 0.4) is 0 Å². The van der Waals surface area contributed by atoms with Gasteiger partial charge in [-0.3, -0.25) is 9.55 Å². The third-order valence-electron chi connectivity index (χ3n) is 28.2. The van der Waals surface area contributed by atoms with Gasteiger partial charge in [0, 0.05) is 142 Å². The molecule has 610 valence electrons. The summed E-state index contributed by atoms with van der Waals surface area (Å²) in [7, 11) is 0. The molecule has 13 heterocycles. The van der Waals surface area contributed by atoms with Gasteiger partial charge in [-0.1, -0.05) is 231 Å². The molecule has 31 aromatic rings. The first-order valence-corrected chi connectivity index (χ1v) is 45.0. The van der Waals surface area contributed by atoms with E-state index in [-0.39, 0.29) is 0 Å². The molecule has 132 heavy (non-hydrogen) atoms.